The first-order valence-corrected chi connectivity index (χ1v) is 9.46. The first-order chi connectivity index (χ1) is 12.4. The molecule has 0 unspecified atom stereocenters. The number of ether oxygens (including phenoxy) is 1. The Balaban J connectivity index is 2.63. The van der Waals surface area contributed by atoms with E-state index in [1.54, 1.807) is 20.8 Å². The van der Waals surface area contributed by atoms with Crippen molar-refractivity contribution in [3.8, 4) is 6.07 Å². The summed E-state index contributed by atoms with van der Waals surface area (Å²) in [6.07, 6.45) is 0. The van der Waals surface area contributed by atoms with Crippen LogP contribution in [0.2, 0.25) is 0 Å². The van der Waals surface area contributed by atoms with Gasteiger partial charge in [0.15, 0.2) is 6.61 Å². The maximum Gasteiger partial charge on any atom is 0.321 e. The molecule has 10 heteroatoms. The summed E-state index contributed by atoms with van der Waals surface area (Å²) < 4.78 is 43.0. The van der Waals surface area contributed by atoms with E-state index in [9.17, 15) is 22.4 Å². The van der Waals surface area contributed by atoms with E-state index in [-0.39, 0.29) is 10.8 Å². The number of rotatable bonds is 8. The van der Waals surface area contributed by atoms with Gasteiger partial charge < -0.3 is 10.1 Å². The second kappa shape index (κ2) is 8.92. The summed E-state index contributed by atoms with van der Waals surface area (Å²) in [5.41, 5.74) is -1.12. The average molecular weight is 399 g/mol. The minimum absolute atomic E-state index is 0.172. The highest BCUT2D eigenvalue weighted by Gasteiger charge is 2.30. The molecule has 0 saturated heterocycles. The van der Waals surface area contributed by atoms with E-state index in [1.165, 1.54) is 0 Å². The summed E-state index contributed by atoms with van der Waals surface area (Å²) in [7, 11) is -2.85. The Kier molecular flexibility index (Phi) is 7.45. The molecule has 0 spiro atoms. The van der Waals surface area contributed by atoms with Gasteiger partial charge in [-0.25, -0.2) is 12.8 Å². The van der Waals surface area contributed by atoms with Crippen LogP contribution in [-0.4, -0.2) is 50.3 Å². The monoisotopic (exact) mass is 399 g/mol. The summed E-state index contributed by atoms with van der Waals surface area (Å²) in [4.78, 5) is 23.5. The summed E-state index contributed by atoms with van der Waals surface area (Å²) in [6.45, 7) is 3.77. The van der Waals surface area contributed by atoms with Crippen molar-refractivity contribution in [2.75, 3.05) is 20.2 Å². The third-order valence-corrected chi connectivity index (χ3v) is 5.84. The van der Waals surface area contributed by atoms with E-state index in [0.29, 0.717) is 0 Å². The second-order valence-corrected chi connectivity index (χ2v) is 8.44. The van der Waals surface area contributed by atoms with Crippen molar-refractivity contribution in [2.24, 2.45) is 5.92 Å². The van der Waals surface area contributed by atoms with Gasteiger partial charge in [-0.15, -0.1) is 0 Å². The number of hydrogen-bond donors (Lipinski definition) is 1. The van der Waals surface area contributed by atoms with Crippen molar-refractivity contribution in [2.45, 2.75) is 31.2 Å². The number of carbonyl (C=O) groups is 2. The highest BCUT2D eigenvalue weighted by molar-refractivity contribution is 7.89. The first kappa shape index (κ1) is 22.5. The van der Waals surface area contributed by atoms with Gasteiger partial charge in [0.2, 0.25) is 10.0 Å². The van der Waals surface area contributed by atoms with Crippen LogP contribution < -0.4 is 5.32 Å². The molecule has 8 nitrogen and oxygen atoms in total. The van der Waals surface area contributed by atoms with E-state index in [1.807, 2.05) is 6.07 Å². The molecule has 0 saturated carbocycles. The number of amides is 1. The van der Waals surface area contributed by atoms with Crippen LogP contribution in [0.25, 0.3) is 0 Å². The minimum atomic E-state index is -4.01. The molecule has 0 fully saturated rings. The molecule has 0 heterocycles. The number of carbonyl (C=O) groups excluding carboxylic acids is 2. The fourth-order valence-electron chi connectivity index (χ4n) is 1.87. The van der Waals surface area contributed by atoms with Gasteiger partial charge in [-0.2, -0.15) is 9.57 Å². The number of nitriles is 1. The molecule has 0 aromatic heterocycles. The molecular weight excluding hydrogens is 377 g/mol. The van der Waals surface area contributed by atoms with Crippen molar-refractivity contribution >= 4 is 21.9 Å². The number of esters is 1. The van der Waals surface area contributed by atoms with Gasteiger partial charge in [0.05, 0.1) is 11.0 Å². The fourth-order valence-corrected chi connectivity index (χ4v) is 2.99. The van der Waals surface area contributed by atoms with Gasteiger partial charge in [0.1, 0.15) is 17.9 Å². The SMILES string of the molecule is CC(C)[C@](C)(C#N)NC(=O)COC(=O)CN(C)S(=O)(=O)c1ccc(F)cc1. The van der Waals surface area contributed by atoms with Crippen LogP contribution in [-0.2, 0) is 24.3 Å². The van der Waals surface area contributed by atoms with Gasteiger partial charge in [-0.1, -0.05) is 13.8 Å². The van der Waals surface area contributed by atoms with Crippen LogP contribution in [0.5, 0.6) is 0 Å². The van der Waals surface area contributed by atoms with Gasteiger partial charge in [-0.05, 0) is 37.1 Å². The largest absolute Gasteiger partial charge is 0.455 e. The number of sulfonamides is 1. The van der Waals surface area contributed by atoms with Gasteiger partial charge in [0.25, 0.3) is 5.91 Å². The predicted molar refractivity (Wildman–Crippen MR) is 94.2 cm³/mol. The predicted octanol–water partition coefficient (Wildman–Crippen LogP) is 1.04. The second-order valence-electron chi connectivity index (χ2n) is 6.39. The van der Waals surface area contributed by atoms with Gasteiger partial charge >= 0.3 is 5.97 Å². The number of benzene rings is 1. The maximum atomic E-state index is 12.9. The first-order valence-electron chi connectivity index (χ1n) is 8.02. The molecule has 0 aliphatic heterocycles. The number of likely N-dealkylation sites (N-methyl/N-ethyl adjacent to an activating group) is 1. The maximum absolute atomic E-state index is 12.9. The molecular formula is C17H22FN3O5S. The summed E-state index contributed by atoms with van der Waals surface area (Å²) in [5.74, 6) is -2.38. The lowest BCUT2D eigenvalue weighted by Crippen LogP contribution is -2.50. The van der Waals surface area contributed by atoms with Crippen molar-refractivity contribution < 1.29 is 27.1 Å². The zero-order valence-electron chi connectivity index (χ0n) is 15.5. The Morgan fingerprint density at radius 1 is 1.33 bits per heavy atom. The Labute approximate surface area is 158 Å². The molecule has 1 amide bonds. The van der Waals surface area contributed by atoms with Crippen molar-refractivity contribution in [3.05, 3.63) is 30.1 Å². The van der Waals surface area contributed by atoms with Crippen molar-refractivity contribution in [3.63, 3.8) is 0 Å². The number of nitrogens with one attached hydrogen (secondary N) is 1. The van der Waals surface area contributed by atoms with E-state index in [2.05, 4.69) is 5.32 Å². The van der Waals surface area contributed by atoms with E-state index in [0.717, 1.165) is 35.6 Å². The quantitative estimate of drug-likeness (QED) is 0.653. The molecule has 0 radical (unpaired) electrons. The molecule has 1 aromatic carbocycles. The minimum Gasteiger partial charge on any atom is -0.455 e. The lowest BCUT2D eigenvalue weighted by Gasteiger charge is -2.27. The normalized spacial score (nSPS) is 13.7. The molecule has 1 aromatic rings. The van der Waals surface area contributed by atoms with Crippen LogP contribution in [0.15, 0.2) is 29.2 Å². The third kappa shape index (κ3) is 6.01. The highest BCUT2D eigenvalue weighted by Crippen LogP contribution is 2.16. The van der Waals surface area contributed by atoms with Gasteiger partial charge in [-0.3, -0.25) is 9.59 Å². The standard InChI is InChI=1S/C17H22FN3O5S/c1-12(2)17(3,11-19)20-15(22)10-26-16(23)9-21(4)27(24,25)14-7-5-13(18)6-8-14/h5-8,12H,9-10H2,1-4H3,(H,20,22)/t17-/m0/s1. The zero-order chi connectivity index (χ0) is 20.8. The molecule has 0 aliphatic carbocycles. The Morgan fingerprint density at radius 3 is 2.37 bits per heavy atom. The Bertz CT molecular complexity index is 833. The van der Waals surface area contributed by atoms with Crippen molar-refractivity contribution in [1.29, 1.82) is 5.26 Å². The highest BCUT2D eigenvalue weighted by atomic mass is 32.2. The molecule has 1 N–H and O–H groups in total. The van der Waals surface area contributed by atoms with E-state index >= 15 is 0 Å². The Hall–Kier alpha value is -2.51. The van der Waals surface area contributed by atoms with Crippen LogP contribution >= 0.6 is 0 Å². The third-order valence-electron chi connectivity index (χ3n) is 4.02. The fraction of sp³-hybridized carbons (Fsp3) is 0.471. The average Bonchev–Trinajstić information content (AvgIpc) is 2.60. The zero-order valence-corrected chi connectivity index (χ0v) is 16.3. The van der Waals surface area contributed by atoms with Gasteiger partial charge in [0, 0.05) is 7.05 Å². The van der Waals surface area contributed by atoms with Crippen LogP contribution in [0.4, 0.5) is 4.39 Å². The topological polar surface area (TPSA) is 117 Å². The molecule has 148 valence electrons. The molecule has 0 aliphatic rings. The summed E-state index contributed by atoms with van der Waals surface area (Å²) >= 11 is 0. The van der Waals surface area contributed by atoms with Crippen LogP contribution in [0.3, 0.4) is 0 Å². The van der Waals surface area contributed by atoms with Crippen molar-refractivity contribution in [1.82, 2.24) is 9.62 Å². The summed E-state index contributed by atoms with van der Waals surface area (Å²) in [5, 5.41) is 11.6. The molecule has 1 rings (SSSR count). The van der Waals surface area contributed by atoms with E-state index < -0.39 is 46.4 Å². The van der Waals surface area contributed by atoms with Crippen LogP contribution in [0.1, 0.15) is 20.8 Å². The Morgan fingerprint density at radius 2 is 1.89 bits per heavy atom. The lowest BCUT2D eigenvalue weighted by atomic mass is 9.90. The molecule has 1 atom stereocenters. The molecule has 0 bridgehead atoms. The lowest BCUT2D eigenvalue weighted by molar-refractivity contribution is -0.148. The number of halogens is 1. The smallest absolute Gasteiger partial charge is 0.321 e. The molecule has 27 heavy (non-hydrogen) atoms. The van der Waals surface area contributed by atoms with E-state index in [4.69, 9.17) is 10.00 Å². The van der Waals surface area contributed by atoms with Crippen LogP contribution in [0, 0.1) is 23.1 Å². The number of hydrogen-bond acceptors (Lipinski definition) is 6. The summed E-state index contributed by atoms with van der Waals surface area (Å²) in [6, 6.07) is 6.12. The number of nitrogens with zero attached hydrogens (tertiary/aromatic N) is 2.